The van der Waals surface area contributed by atoms with E-state index < -0.39 is 87.4 Å². The van der Waals surface area contributed by atoms with Gasteiger partial charge in [0.25, 0.3) is 5.91 Å². The SMILES string of the molecule is C[C@@H](OC[C@]1(c2ccccc2)CCC2(CN1C(=O)OCc1ccccc1)NC(=O)N(CCNS(C)(=O)=O)C2=O)c1cc(C(F)(F)F)cc(C(F)(F)F)c1. The van der Waals surface area contributed by atoms with E-state index in [0.29, 0.717) is 23.3 Å². The van der Waals surface area contributed by atoms with E-state index in [2.05, 4.69) is 10.0 Å². The number of amides is 4. The van der Waals surface area contributed by atoms with Crippen LogP contribution in [0.5, 0.6) is 0 Å². The molecule has 0 saturated carbocycles. The van der Waals surface area contributed by atoms with E-state index in [1.165, 1.54) is 11.8 Å². The highest BCUT2D eigenvalue weighted by atomic mass is 32.2. The molecule has 2 saturated heterocycles. The number of hydrogen-bond acceptors (Lipinski definition) is 7. The number of ether oxygens (including phenoxy) is 2. The molecule has 286 valence electrons. The van der Waals surface area contributed by atoms with Gasteiger partial charge in [-0.3, -0.25) is 14.6 Å². The molecule has 0 bridgehead atoms. The lowest BCUT2D eigenvalue weighted by molar-refractivity contribution is -0.143. The van der Waals surface area contributed by atoms with E-state index in [9.17, 15) is 49.1 Å². The van der Waals surface area contributed by atoms with Crippen molar-refractivity contribution in [1.82, 2.24) is 19.8 Å². The molecule has 2 aliphatic rings. The van der Waals surface area contributed by atoms with Gasteiger partial charge in [0.15, 0.2) is 0 Å². The number of sulfonamides is 1. The van der Waals surface area contributed by atoms with Crippen LogP contribution in [-0.4, -0.2) is 74.3 Å². The van der Waals surface area contributed by atoms with Crippen molar-refractivity contribution in [3.8, 4) is 0 Å². The van der Waals surface area contributed by atoms with Gasteiger partial charge in [-0.15, -0.1) is 0 Å². The molecule has 1 spiro atoms. The molecular formula is C35H36F6N4O7S. The Morgan fingerprint density at radius 2 is 1.51 bits per heavy atom. The fourth-order valence-electron chi connectivity index (χ4n) is 6.45. The van der Waals surface area contributed by atoms with Gasteiger partial charge in [-0.05, 0) is 54.7 Å². The maximum atomic E-state index is 14.2. The second-order valence-corrected chi connectivity index (χ2v) is 14.8. The summed E-state index contributed by atoms with van der Waals surface area (Å²) in [5.74, 6) is -0.738. The maximum absolute atomic E-state index is 14.2. The minimum Gasteiger partial charge on any atom is -0.445 e. The summed E-state index contributed by atoms with van der Waals surface area (Å²) < 4.78 is 119. The molecule has 4 amide bonds. The van der Waals surface area contributed by atoms with E-state index in [4.69, 9.17) is 9.47 Å². The molecule has 3 aromatic carbocycles. The highest BCUT2D eigenvalue weighted by molar-refractivity contribution is 7.88. The van der Waals surface area contributed by atoms with Crippen LogP contribution in [0.1, 0.15) is 53.7 Å². The lowest BCUT2D eigenvalue weighted by atomic mass is 9.74. The maximum Gasteiger partial charge on any atom is 0.416 e. The van der Waals surface area contributed by atoms with Crippen molar-refractivity contribution in [2.24, 2.45) is 0 Å². The minimum atomic E-state index is -5.09. The lowest BCUT2D eigenvalue weighted by Gasteiger charge is -2.51. The number of halogens is 6. The Hall–Kier alpha value is -4.68. The highest BCUT2D eigenvalue weighted by Crippen LogP contribution is 2.45. The quantitative estimate of drug-likeness (QED) is 0.181. The number of hydrogen-bond donors (Lipinski definition) is 2. The molecule has 2 fully saturated rings. The van der Waals surface area contributed by atoms with Gasteiger partial charge >= 0.3 is 24.5 Å². The molecule has 5 rings (SSSR count). The van der Waals surface area contributed by atoms with Gasteiger partial charge < -0.3 is 14.8 Å². The third kappa shape index (κ3) is 8.93. The lowest BCUT2D eigenvalue weighted by Crippen LogP contribution is -2.67. The summed E-state index contributed by atoms with van der Waals surface area (Å²) in [4.78, 5) is 43.2. The number of likely N-dealkylation sites (tertiary alicyclic amines) is 1. The van der Waals surface area contributed by atoms with Gasteiger partial charge in [0.05, 0.1) is 42.2 Å². The van der Waals surface area contributed by atoms with E-state index in [1.807, 2.05) is 0 Å². The van der Waals surface area contributed by atoms with Crippen LogP contribution in [-0.2, 0) is 48.8 Å². The molecule has 53 heavy (non-hydrogen) atoms. The summed E-state index contributed by atoms with van der Waals surface area (Å²) >= 11 is 0. The van der Waals surface area contributed by atoms with Crippen molar-refractivity contribution in [2.45, 2.75) is 55.9 Å². The number of carbonyl (C=O) groups excluding carboxylic acids is 3. The summed E-state index contributed by atoms with van der Waals surface area (Å²) in [6.45, 7) is -0.479. The predicted octanol–water partition coefficient (Wildman–Crippen LogP) is 5.97. The monoisotopic (exact) mass is 770 g/mol. The van der Waals surface area contributed by atoms with Crippen LogP contribution in [0.15, 0.2) is 78.9 Å². The van der Waals surface area contributed by atoms with Crippen LogP contribution in [0.3, 0.4) is 0 Å². The number of rotatable bonds is 11. The molecule has 0 aromatic heterocycles. The molecule has 11 nitrogen and oxygen atoms in total. The summed E-state index contributed by atoms with van der Waals surface area (Å²) in [5, 5.41) is 2.65. The van der Waals surface area contributed by atoms with Gasteiger partial charge in [0.2, 0.25) is 10.0 Å². The van der Waals surface area contributed by atoms with Gasteiger partial charge in [-0.2, -0.15) is 26.3 Å². The van der Waals surface area contributed by atoms with Gasteiger partial charge in [-0.25, -0.2) is 22.7 Å². The first kappa shape index (κ1) is 39.5. The second-order valence-electron chi connectivity index (χ2n) is 13.0. The van der Waals surface area contributed by atoms with Crippen LogP contribution in [0.2, 0.25) is 0 Å². The van der Waals surface area contributed by atoms with Crippen molar-refractivity contribution < 1.29 is 58.6 Å². The third-order valence-corrected chi connectivity index (χ3v) is 9.97. The first-order valence-corrected chi connectivity index (χ1v) is 18.2. The normalized spacial score (nSPS) is 21.5. The molecule has 2 N–H and O–H groups in total. The molecule has 3 atom stereocenters. The van der Waals surface area contributed by atoms with Crippen LogP contribution in [0.25, 0.3) is 0 Å². The number of urea groups is 1. The fraction of sp³-hybridized carbons (Fsp3) is 0.400. The number of carbonyl (C=O) groups is 3. The van der Waals surface area contributed by atoms with Gasteiger partial charge in [0.1, 0.15) is 12.1 Å². The molecule has 2 aliphatic heterocycles. The average Bonchev–Trinajstić information content (AvgIpc) is 3.33. The van der Waals surface area contributed by atoms with Crippen molar-refractivity contribution in [2.75, 3.05) is 32.5 Å². The van der Waals surface area contributed by atoms with Gasteiger partial charge in [-0.1, -0.05) is 60.7 Å². The Bertz CT molecular complexity index is 1900. The summed E-state index contributed by atoms with van der Waals surface area (Å²) in [6, 6.07) is 17.2. The van der Waals surface area contributed by atoms with E-state index in [1.54, 1.807) is 60.7 Å². The Kier molecular flexibility index (Phi) is 11.2. The largest absolute Gasteiger partial charge is 0.445 e. The molecule has 0 aliphatic carbocycles. The first-order chi connectivity index (χ1) is 24.7. The Morgan fingerprint density at radius 1 is 0.925 bits per heavy atom. The average molecular weight is 771 g/mol. The Balaban J connectivity index is 1.51. The number of nitrogens with one attached hydrogen (secondary N) is 2. The van der Waals surface area contributed by atoms with E-state index >= 15 is 0 Å². The molecule has 0 radical (unpaired) electrons. The van der Waals surface area contributed by atoms with Gasteiger partial charge in [0, 0.05) is 13.1 Å². The second kappa shape index (κ2) is 15.0. The third-order valence-electron chi connectivity index (χ3n) is 9.24. The van der Waals surface area contributed by atoms with Crippen LogP contribution >= 0.6 is 0 Å². The molecule has 18 heteroatoms. The molecular weight excluding hydrogens is 734 g/mol. The van der Waals surface area contributed by atoms with Crippen LogP contribution in [0, 0.1) is 0 Å². The zero-order chi connectivity index (χ0) is 38.8. The van der Waals surface area contributed by atoms with Crippen molar-refractivity contribution in [1.29, 1.82) is 0 Å². The summed E-state index contributed by atoms with van der Waals surface area (Å²) in [5.41, 5.74) is -5.61. The summed E-state index contributed by atoms with van der Waals surface area (Å²) in [6.07, 6.45) is -11.8. The number of piperidine rings is 1. The van der Waals surface area contributed by atoms with Crippen molar-refractivity contribution in [3.05, 3.63) is 107 Å². The zero-order valence-corrected chi connectivity index (χ0v) is 29.3. The standard InChI is InChI=1S/C35H36F6N4O7S/c1-23(25-17-27(34(36,37)38)19-28(18-25)35(39,40)41)52-22-33(26-11-7-4-8-12-26)14-13-32(21-45(33)31(48)51-20-24-9-5-3-6-10-24)29(46)44(30(47)43-32)16-15-42-53(2,49)50/h3-12,17-19,23,42H,13-16,20-22H2,1-2H3,(H,43,47)/t23-,32?,33+/m1/s1. The highest BCUT2D eigenvalue weighted by Gasteiger charge is 2.60. The first-order valence-electron chi connectivity index (χ1n) is 16.3. The Labute approximate surface area is 301 Å². The van der Waals surface area contributed by atoms with E-state index in [0.717, 1.165) is 11.2 Å². The molecule has 1 unspecified atom stereocenters. The summed E-state index contributed by atoms with van der Waals surface area (Å²) in [7, 11) is -3.65. The van der Waals surface area contributed by atoms with Crippen LogP contribution < -0.4 is 10.0 Å². The topological polar surface area (TPSA) is 134 Å². The van der Waals surface area contributed by atoms with Crippen LogP contribution in [0.4, 0.5) is 35.9 Å². The molecule has 2 heterocycles. The van der Waals surface area contributed by atoms with E-state index in [-0.39, 0.29) is 38.6 Å². The minimum absolute atomic E-state index is 0.0141. The Morgan fingerprint density at radius 3 is 2.08 bits per heavy atom. The number of nitrogens with zero attached hydrogens (tertiary/aromatic N) is 2. The van der Waals surface area contributed by atoms with Crippen molar-refractivity contribution >= 4 is 28.1 Å². The number of imide groups is 1. The van der Waals surface area contributed by atoms with Crippen molar-refractivity contribution in [3.63, 3.8) is 0 Å². The number of benzene rings is 3. The predicted molar refractivity (Wildman–Crippen MR) is 177 cm³/mol. The smallest absolute Gasteiger partial charge is 0.416 e. The number of alkyl halides is 6. The molecule has 3 aromatic rings. The fourth-order valence-corrected chi connectivity index (χ4v) is 6.91. The zero-order valence-electron chi connectivity index (χ0n) is 28.5.